The molecule has 1 aromatic rings. The van der Waals surface area contributed by atoms with Gasteiger partial charge in [-0.25, -0.2) is 4.79 Å². The van der Waals surface area contributed by atoms with Gasteiger partial charge in [0.2, 0.25) is 5.76 Å². The molecular weight excluding hydrogens is 277 g/mol. The van der Waals surface area contributed by atoms with Crippen LogP contribution >= 0.6 is 0 Å². The Morgan fingerprint density at radius 1 is 1.30 bits per heavy atom. The zero-order valence-corrected chi connectivity index (χ0v) is 10.5. The van der Waals surface area contributed by atoms with E-state index >= 15 is 0 Å². The van der Waals surface area contributed by atoms with E-state index in [-0.39, 0.29) is 12.4 Å². The zero-order chi connectivity index (χ0) is 14.8. The van der Waals surface area contributed by atoms with Crippen molar-refractivity contribution in [2.75, 3.05) is 0 Å². The first kappa shape index (κ1) is 14.6. The van der Waals surface area contributed by atoms with Crippen LogP contribution in [0.5, 0.6) is 0 Å². The third-order valence-electron chi connectivity index (χ3n) is 3.17. The summed E-state index contributed by atoms with van der Waals surface area (Å²) in [6.07, 6.45) is -1.01. The predicted molar refractivity (Wildman–Crippen MR) is 61.4 cm³/mol. The average Bonchev–Trinajstić information content (AvgIpc) is 2.84. The van der Waals surface area contributed by atoms with Crippen LogP contribution in [0.15, 0.2) is 10.5 Å². The minimum atomic E-state index is -4.85. The summed E-state index contributed by atoms with van der Waals surface area (Å²) in [5, 5.41) is 0. The molecule has 0 atom stereocenters. The topological polar surface area (TPSA) is 56.5 Å². The van der Waals surface area contributed by atoms with Gasteiger partial charge in [-0.2, -0.15) is 13.2 Å². The number of furan rings is 1. The van der Waals surface area contributed by atoms with Crippen LogP contribution in [-0.4, -0.2) is 18.4 Å². The molecule has 1 aliphatic carbocycles. The third-order valence-corrected chi connectivity index (χ3v) is 3.17. The number of alkyl halides is 3. The molecule has 0 amide bonds. The molecule has 110 valence electrons. The van der Waals surface area contributed by atoms with E-state index in [1.54, 1.807) is 0 Å². The van der Waals surface area contributed by atoms with E-state index < -0.39 is 29.2 Å². The Hall–Kier alpha value is -1.79. The Labute approximate surface area is 112 Å². The standard InChI is InChI=1S/C13H13F3O4/c14-13(15,16)11-10(6-9(7-17)19-11)12(18)20-8-4-2-1-3-5-8/h6-8H,1-5H2. The van der Waals surface area contributed by atoms with Crippen molar-refractivity contribution in [1.29, 1.82) is 0 Å². The SMILES string of the molecule is O=Cc1cc(C(=O)OC2CCCCC2)c(C(F)(F)F)o1. The summed E-state index contributed by atoms with van der Waals surface area (Å²) >= 11 is 0. The van der Waals surface area contributed by atoms with Gasteiger partial charge >= 0.3 is 12.1 Å². The van der Waals surface area contributed by atoms with Crippen molar-refractivity contribution in [3.8, 4) is 0 Å². The van der Waals surface area contributed by atoms with Gasteiger partial charge in [0.1, 0.15) is 11.7 Å². The molecule has 1 fully saturated rings. The normalized spacial score (nSPS) is 16.9. The highest BCUT2D eigenvalue weighted by Gasteiger charge is 2.41. The van der Waals surface area contributed by atoms with E-state index in [0.29, 0.717) is 12.8 Å². The van der Waals surface area contributed by atoms with Crippen LogP contribution in [0.2, 0.25) is 0 Å². The van der Waals surface area contributed by atoms with E-state index in [1.165, 1.54) is 0 Å². The van der Waals surface area contributed by atoms with Crippen molar-refractivity contribution in [1.82, 2.24) is 0 Å². The van der Waals surface area contributed by atoms with Gasteiger partial charge in [0, 0.05) is 6.07 Å². The van der Waals surface area contributed by atoms with E-state index in [9.17, 15) is 22.8 Å². The van der Waals surface area contributed by atoms with E-state index in [0.717, 1.165) is 25.3 Å². The lowest BCUT2D eigenvalue weighted by Gasteiger charge is -2.21. The summed E-state index contributed by atoms with van der Waals surface area (Å²) in [6.45, 7) is 0. The number of carbonyl (C=O) groups is 2. The number of esters is 1. The molecule has 0 aromatic carbocycles. The first-order chi connectivity index (χ1) is 9.41. The highest BCUT2D eigenvalue weighted by molar-refractivity contribution is 5.92. The number of rotatable bonds is 3. The van der Waals surface area contributed by atoms with E-state index in [2.05, 4.69) is 4.42 Å². The Morgan fingerprint density at radius 3 is 2.50 bits per heavy atom. The fraction of sp³-hybridized carbons (Fsp3) is 0.538. The molecule has 7 heteroatoms. The fourth-order valence-electron chi connectivity index (χ4n) is 2.23. The Kier molecular flexibility index (Phi) is 4.15. The van der Waals surface area contributed by atoms with Gasteiger partial charge in [0.05, 0.1) is 0 Å². The van der Waals surface area contributed by atoms with E-state index in [1.807, 2.05) is 0 Å². The molecule has 20 heavy (non-hydrogen) atoms. The number of aldehydes is 1. The highest BCUT2D eigenvalue weighted by Crippen LogP contribution is 2.34. The fourth-order valence-corrected chi connectivity index (χ4v) is 2.23. The number of ether oxygens (including phenoxy) is 1. The van der Waals surface area contributed by atoms with Crippen molar-refractivity contribution in [2.45, 2.75) is 44.4 Å². The molecule has 0 saturated heterocycles. The molecule has 1 aliphatic rings. The van der Waals surface area contributed by atoms with Crippen molar-refractivity contribution in [2.24, 2.45) is 0 Å². The van der Waals surface area contributed by atoms with Crippen molar-refractivity contribution < 1.29 is 31.9 Å². The van der Waals surface area contributed by atoms with Crippen LogP contribution in [0.1, 0.15) is 58.8 Å². The zero-order valence-electron chi connectivity index (χ0n) is 10.5. The Balaban J connectivity index is 2.19. The molecular formula is C13H13F3O4. The lowest BCUT2D eigenvalue weighted by atomic mass is 9.98. The summed E-state index contributed by atoms with van der Waals surface area (Å²) in [5.74, 6) is -3.13. The average molecular weight is 290 g/mol. The molecule has 1 heterocycles. The summed E-state index contributed by atoms with van der Waals surface area (Å²) in [6, 6.07) is 0.765. The van der Waals surface area contributed by atoms with Crippen LogP contribution in [0, 0.1) is 0 Å². The third kappa shape index (κ3) is 3.20. The minimum Gasteiger partial charge on any atom is -0.459 e. The van der Waals surface area contributed by atoms with Crippen LogP contribution < -0.4 is 0 Å². The summed E-state index contributed by atoms with van der Waals surface area (Å²) in [7, 11) is 0. The van der Waals surface area contributed by atoms with Crippen LogP contribution in [-0.2, 0) is 10.9 Å². The quantitative estimate of drug-likeness (QED) is 0.630. The molecule has 2 rings (SSSR count). The molecule has 0 spiro atoms. The second kappa shape index (κ2) is 5.68. The largest absolute Gasteiger partial charge is 0.459 e. The summed E-state index contributed by atoms with van der Waals surface area (Å²) in [5.41, 5.74) is -0.745. The van der Waals surface area contributed by atoms with Crippen LogP contribution in [0.25, 0.3) is 0 Å². The second-order valence-electron chi connectivity index (χ2n) is 4.67. The van der Waals surface area contributed by atoms with Gasteiger partial charge in [-0.15, -0.1) is 0 Å². The van der Waals surface area contributed by atoms with Gasteiger partial charge in [-0.1, -0.05) is 6.42 Å². The molecule has 0 bridgehead atoms. The van der Waals surface area contributed by atoms with Crippen molar-refractivity contribution >= 4 is 12.3 Å². The van der Waals surface area contributed by atoms with Gasteiger partial charge in [0.15, 0.2) is 12.0 Å². The number of carbonyl (C=O) groups excluding carboxylic acids is 2. The summed E-state index contributed by atoms with van der Waals surface area (Å²) < 4.78 is 47.6. The Bertz CT molecular complexity index is 498. The monoisotopic (exact) mass is 290 g/mol. The lowest BCUT2D eigenvalue weighted by molar-refractivity contribution is -0.153. The van der Waals surface area contributed by atoms with Crippen LogP contribution in [0.3, 0.4) is 0 Å². The maximum atomic E-state index is 12.7. The number of hydrogen-bond acceptors (Lipinski definition) is 4. The molecule has 0 aliphatic heterocycles. The first-order valence-electron chi connectivity index (χ1n) is 6.29. The molecule has 1 saturated carbocycles. The van der Waals surface area contributed by atoms with Crippen molar-refractivity contribution in [3.05, 3.63) is 23.2 Å². The maximum Gasteiger partial charge on any atom is 0.450 e. The molecule has 1 aromatic heterocycles. The summed E-state index contributed by atoms with van der Waals surface area (Å²) in [4.78, 5) is 22.3. The minimum absolute atomic E-state index is 0.118. The van der Waals surface area contributed by atoms with Crippen molar-refractivity contribution in [3.63, 3.8) is 0 Å². The van der Waals surface area contributed by atoms with Gasteiger partial charge in [-0.3, -0.25) is 4.79 Å². The Morgan fingerprint density at radius 2 is 1.95 bits per heavy atom. The maximum absolute atomic E-state index is 12.7. The van der Waals surface area contributed by atoms with Gasteiger partial charge < -0.3 is 9.15 Å². The first-order valence-corrected chi connectivity index (χ1v) is 6.29. The highest BCUT2D eigenvalue weighted by atomic mass is 19.4. The lowest BCUT2D eigenvalue weighted by Crippen LogP contribution is -2.22. The van der Waals surface area contributed by atoms with Crippen LogP contribution in [0.4, 0.5) is 13.2 Å². The molecule has 0 unspecified atom stereocenters. The van der Waals surface area contributed by atoms with E-state index in [4.69, 9.17) is 4.74 Å². The smallest absolute Gasteiger partial charge is 0.450 e. The van der Waals surface area contributed by atoms with Gasteiger partial charge in [-0.05, 0) is 25.7 Å². The van der Waals surface area contributed by atoms with Gasteiger partial charge in [0.25, 0.3) is 0 Å². The number of halogens is 3. The molecule has 4 nitrogen and oxygen atoms in total. The number of hydrogen-bond donors (Lipinski definition) is 0. The second-order valence-corrected chi connectivity index (χ2v) is 4.67. The molecule has 0 N–H and O–H groups in total. The predicted octanol–water partition coefficient (Wildman–Crippen LogP) is 3.60. The molecule has 0 radical (unpaired) electrons.